The molecule has 0 aliphatic carbocycles. The highest BCUT2D eigenvalue weighted by atomic mass is 32.2. The lowest BCUT2D eigenvalue weighted by atomic mass is 10.2. The van der Waals surface area contributed by atoms with Gasteiger partial charge in [-0.1, -0.05) is 6.92 Å². The summed E-state index contributed by atoms with van der Waals surface area (Å²) in [6.07, 6.45) is 2.31. The molecule has 1 amide bonds. The van der Waals surface area contributed by atoms with Crippen molar-refractivity contribution in [3.8, 4) is 0 Å². The number of carbonyl (C=O) groups excluding carboxylic acids is 1. The number of nitrogens with one attached hydrogen (secondary N) is 1. The number of aromatic carboxylic acids is 1. The summed E-state index contributed by atoms with van der Waals surface area (Å²) in [4.78, 5) is 23.0. The Bertz CT molecular complexity index is 622. The summed E-state index contributed by atoms with van der Waals surface area (Å²) in [5, 5.41) is 11.5. The quantitative estimate of drug-likeness (QED) is 0.814. The van der Waals surface area contributed by atoms with Crippen LogP contribution >= 0.6 is 11.8 Å². The molecular weight excluding hydrogens is 302 g/mol. The van der Waals surface area contributed by atoms with Crippen LogP contribution in [0.2, 0.25) is 0 Å². The number of hydrogen-bond donors (Lipinski definition) is 2. The van der Waals surface area contributed by atoms with Crippen molar-refractivity contribution in [1.29, 1.82) is 0 Å². The number of furan rings is 1. The zero-order valence-corrected chi connectivity index (χ0v) is 12.9. The van der Waals surface area contributed by atoms with Gasteiger partial charge < -0.3 is 14.8 Å². The van der Waals surface area contributed by atoms with Gasteiger partial charge in [-0.05, 0) is 42.8 Å². The maximum absolute atomic E-state index is 12.2. The first kappa shape index (κ1) is 16.2. The van der Waals surface area contributed by atoms with E-state index in [4.69, 9.17) is 9.52 Å². The summed E-state index contributed by atoms with van der Waals surface area (Å²) in [5.41, 5.74) is 0.782. The zero-order valence-electron chi connectivity index (χ0n) is 12.1. The molecule has 1 aromatic heterocycles. The van der Waals surface area contributed by atoms with Crippen molar-refractivity contribution in [1.82, 2.24) is 0 Å². The van der Waals surface area contributed by atoms with E-state index in [9.17, 15) is 9.59 Å². The number of anilines is 1. The van der Waals surface area contributed by atoms with Crippen molar-refractivity contribution in [2.75, 3.05) is 5.32 Å². The number of carboxylic acid groups (broad SMARTS) is 1. The smallest absolute Gasteiger partial charge is 0.335 e. The van der Waals surface area contributed by atoms with Crippen LogP contribution in [0.15, 0.2) is 47.1 Å². The summed E-state index contributed by atoms with van der Waals surface area (Å²) in [6, 6.07) is 9.81. The van der Waals surface area contributed by atoms with Crippen LogP contribution in [0.4, 0.5) is 5.69 Å². The standard InChI is InChI=1S/C16H17NO4S/c1-2-14(22-10-13-4-3-9-21-13)15(18)17-12-7-5-11(6-8-12)16(19)20/h3-9,14H,2,10H2,1H3,(H,17,18)(H,19,20). The van der Waals surface area contributed by atoms with Crippen LogP contribution in [-0.2, 0) is 10.5 Å². The Morgan fingerprint density at radius 3 is 2.55 bits per heavy atom. The molecule has 5 nitrogen and oxygen atoms in total. The lowest BCUT2D eigenvalue weighted by Crippen LogP contribution is -2.24. The highest BCUT2D eigenvalue weighted by molar-refractivity contribution is 7.99. The van der Waals surface area contributed by atoms with Crippen molar-refractivity contribution < 1.29 is 19.1 Å². The minimum atomic E-state index is -0.988. The number of carboxylic acids is 1. The molecule has 1 atom stereocenters. The second-order valence-electron chi connectivity index (χ2n) is 4.66. The van der Waals surface area contributed by atoms with E-state index in [2.05, 4.69) is 5.32 Å². The molecule has 0 saturated heterocycles. The maximum Gasteiger partial charge on any atom is 0.335 e. The van der Waals surface area contributed by atoms with Gasteiger partial charge in [0.05, 0.1) is 22.8 Å². The number of rotatable bonds is 7. The fourth-order valence-electron chi connectivity index (χ4n) is 1.88. The highest BCUT2D eigenvalue weighted by Gasteiger charge is 2.17. The van der Waals surface area contributed by atoms with Crippen LogP contribution < -0.4 is 5.32 Å². The van der Waals surface area contributed by atoms with Gasteiger partial charge in [0.15, 0.2) is 0 Å². The predicted octanol–water partition coefficient (Wildman–Crippen LogP) is 3.63. The lowest BCUT2D eigenvalue weighted by Gasteiger charge is -2.14. The molecule has 2 N–H and O–H groups in total. The van der Waals surface area contributed by atoms with Crippen molar-refractivity contribution in [2.45, 2.75) is 24.3 Å². The average Bonchev–Trinajstić information content (AvgIpc) is 3.01. The Labute approximate surface area is 132 Å². The molecule has 0 bridgehead atoms. The van der Waals surface area contributed by atoms with E-state index in [0.29, 0.717) is 17.9 Å². The molecule has 1 heterocycles. The molecule has 0 aliphatic heterocycles. The molecule has 0 fully saturated rings. The monoisotopic (exact) mass is 319 g/mol. The van der Waals surface area contributed by atoms with Gasteiger partial charge in [-0.25, -0.2) is 4.79 Å². The first-order chi connectivity index (χ1) is 10.6. The molecule has 0 radical (unpaired) electrons. The summed E-state index contributed by atoms with van der Waals surface area (Å²) < 4.78 is 5.25. The van der Waals surface area contributed by atoms with Crippen LogP contribution in [0.5, 0.6) is 0 Å². The van der Waals surface area contributed by atoms with E-state index in [1.165, 1.54) is 23.9 Å². The van der Waals surface area contributed by atoms with Gasteiger partial charge in [0.1, 0.15) is 5.76 Å². The molecule has 116 valence electrons. The number of carbonyl (C=O) groups is 2. The van der Waals surface area contributed by atoms with Gasteiger partial charge in [-0.3, -0.25) is 4.79 Å². The number of thioether (sulfide) groups is 1. The number of amides is 1. The molecule has 2 aromatic rings. The number of benzene rings is 1. The zero-order chi connectivity index (χ0) is 15.9. The van der Waals surface area contributed by atoms with Gasteiger partial charge in [-0.15, -0.1) is 11.8 Å². The van der Waals surface area contributed by atoms with E-state index in [1.54, 1.807) is 18.4 Å². The Kier molecular flexibility index (Phi) is 5.66. The minimum absolute atomic E-state index is 0.0952. The van der Waals surface area contributed by atoms with Crippen molar-refractivity contribution >= 4 is 29.3 Å². The molecule has 22 heavy (non-hydrogen) atoms. The highest BCUT2D eigenvalue weighted by Crippen LogP contribution is 2.22. The molecule has 2 rings (SSSR count). The van der Waals surface area contributed by atoms with Crippen molar-refractivity contribution in [3.05, 3.63) is 54.0 Å². The molecule has 0 spiro atoms. The third kappa shape index (κ3) is 4.39. The fraction of sp³-hybridized carbons (Fsp3) is 0.250. The third-order valence-electron chi connectivity index (χ3n) is 3.07. The largest absolute Gasteiger partial charge is 0.478 e. The Morgan fingerprint density at radius 1 is 1.27 bits per heavy atom. The topological polar surface area (TPSA) is 79.5 Å². The molecule has 6 heteroatoms. The number of hydrogen-bond acceptors (Lipinski definition) is 4. The first-order valence-corrected chi connectivity index (χ1v) is 7.93. The van der Waals surface area contributed by atoms with E-state index >= 15 is 0 Å². The van der Waals surface area contributed by atoms with Gasteiger partial charge in [0.25, 0.3) is 0 Å². The molecular formula is C16H17NO4S. The maximum atomic E-state index is 12.2. The summed E-state index contributed by atoms with van der Waals surface area (Å²) in [5.74, 6) is 0.388. The van der Waals surface area contributed by atoms with Gasteiger partial charge >= 0.3 is 5.97 Å². The van der Waals surface area contributed by atoms with Crippen molar-refractivity contribution in [2.24, 2.45) is 0 Å². The second-order valence-corrected chi connectivity index (χ2v) is 5.85. The van der Waals surface area contributed by atoms with Crippen LogP contribution in [0, 0.1) is 0 Å². The molecule has 0 aliphatic rings. The fourth-order valence-corrected chi connectivity index (χ4v) is 2.85. The summed E-state index contributed by atoms with van der Waals surface area (Å²) in [6.45, 7) is 1.95. The third-order valence-corrected chi connectivity index (χ3v) is 4.47. The second kappa shape index (κ2) is 7.70. The van der Waals surface area contributed by atoms with E-state index in [0.717, 1.165) is 5.76 Å². The molecule has 0 saturated carbocycles. The van der Waals surface area contributed by atoms with Crippen molar-refractivity contribution in [3.63, 3.8) is 0 Å². The normalized spacial score (nSPS) is 11.9. The predicted molar refractivity (Wildman–Crippen MR) is 86.1 cm³/mol. The van der Waals surface area contributed by atoms with E-state index in [-0.39, 0.29) is 16.7 Å². The minimum Gasteiger partial charge on any atom is -0.478 e. The van der Waals surface area contributed by atoms with Crippen LogP contribution in [-0.4, -0.2) is 22.2 Å². The lowest BCUT2D eigenvalue weighted by molar-refractivity contribution is -0.115. The van der Waals surface area contributed by atoms with Gasteiger partial charge in [0, 0.05) is 5.69 Å². The summed E-state index contributed by atoms with van der Waals surface area (Å²) in [7, 11) is 0. The van der Waals surface area contributed by atoms with Crippen LogP contribution in [0.1, 0.15) is 29.5 Å². The Hall–Kier alpha value is -2.21. The SMILES string of the molecule is CCC(SCc1ccco1)C(=O)Nc1ccc(C(=O)O)cc1. The summed E-state index contributed by atoms with van der Waals surface area (Å²) >= 11 is 1.51. The van der Waals surface area contributed by atoms with Gasteiger partial charge in [0.2, 0.25) is 5.91 Å². The van der Waals surface area contributed by atoms with E-state index < -0.39 is 5.97 Å². The Balaban J connectivity index is 1.92. The Morgan fingerprint density at radius 2 is 2.00 bits per heavy atom. The molecule has 1 unspecified atom stereocenters. The van der Waals surface area contributed by atoms with Crippen LogP contribution in [0.25, 0.3) is 0 Å². The van der Waals surface area contributed by atoms with Gasteiger partial charge in [-0.2, -0.15) is 0 Å². The first-order valence-electron chi connectivity index (χ1n) is 6.88. The average molecular weight is 319 g/mol. The van der Waals surface area contributed by atoms with E-state index in [1.807, 2.05) is 19.1 Å². The molecule has 1 aromatic carbocycles. The van der Waals surface area contributed by atoms with Crippen LogP contribution in [0.3, 0.4) is 0 Å².